The number of aryl methyl sites for hydroxylation is 1. The number of aromatic amines is 1. The summed E-state index contributed by atoms with van der Waals surface area (Å²) in [6, 6.07) is 44.3. The number of carbonyl (C=O) groups excluding carboxylic acids is 1. The van der Waals surface area contributed by atoms with Crippen molar-refractivity contribution in [3.05, 3.63) is 169 Å². The Bertz CT molecular complexity index is 3000. The number of H-pyrrole nitrogens is 1. The van der Waals surface area contributed by atoms with Crippen LogP contribution in [-0.4, -0.2) is 52.5 Å². The molecule has 6 heterocycles. The molecular weight excluding hydrogens is 771 g/mol. The Morgan fingerprint density at radius 1 is 0.733 bits per heavy atom. The lowest BCUT2D eigenvalue weighted by molar-refractivity contribution is 0.1000. The van der Waals surface area contributed by atoms with Crippen LogP contribution in [-0.2, 0) is 0 Å². The number of nitrogens with two attached hydrogens (primary N) is 1. The van der Waals surface area contributed by atoms with Gasteiger partial charge in [-0.15, -0.1) is 0 Å². The standard InChI is InChI=1S/C25H19N5S.C22H16N4O3/c1-17-8-7-13-23(27-17)24-21(19-14-15-26-22-12-6-5-11-20(19)22)16-30(29-24)25(31)28-18-9-3-2-4-10-18;23-21(27)13-4-6-14(7-5-13)22-25-19(20(26-22)16-3-1-2-10-24-16)15-8-9-17-18(11-15)29-12-28-17/h2-16H,1H3,(H,28,31);1-11H,12H2,(H2,23,27)(H,25,26). The minimum Gasteiger partial charge on any atom is -0.454 e. The first-order valence-electron chi connectivity index (χ1n) is 18.9. The fourth-order valence-corrected chi connectivity index (χ4v) is 7.03. The zero-order valence-corrected chi connectivity index (χ0v) is 32.9. The quantitative estimate of drug-likeness (QED) is 0.133. The van der Waals surface area contributed by atoms with E-state index in [4.69, 9.17) is 42.5 Å². The van der Waals surface area contributed by atoms with Gasteiger partial charge in [0.2, 0.25) is 12.7 Å². The van der Waals surface area contributed by atoms with Crippen LogP contribution in [0.3, 0.4) is 0 Å². The van der Waals surface area contributed by atoms with Crippen molar-refractivity contribution in [2.24, 2.45) is 5.73 Å². The number of anilines is 1. The van der Waals surface area contributed by atoms with Crippen molar-refractivity contribution in [2.75, 3.05) is 12.1 Å². The van der Waals surface area contributed by atoms with E-state index in [2.05, 4.69) is 26.3 Å². The van der Waals surface area contributed by atoms with Crippen LogP contribution >= 0.6 is 12.2 Å². The fourth-order valence-electron chi connectivity index (χ4n) is 6.82. The van der Waals surface area contributed by atoms with Gasteiger partial charge in [-0.05, 0) is 104 Å². The average molecular weight is 806 g/mol. The predicted molar refractivity (Wildman–Crippen MR) is 236 cm³/mol. The molecular formula is C47H35N9O3S. The van der Waals surface area contributed by atoms with Gasteiger partial charge in [0.05, 0.1) is 28.3 Å². The SMILES string of the molecule is Cc1cccc(-c2nn(C(=S)Nc3ccccc3)cc2-c2ccnc3ccccc23)n1.NC(=O)c1ccc(-c2nc(-c3ccc4c(c3)OCO4)c(-c3ccccn3)[nH]2)cc1. The largest absolute Gasteiger partial charge is 0.454 e. The molecule has 0 spiro atoms. The summed E-state index contributed by atoms with van der Waals surface area (Å²) in [5, 5.41) is 9.63. The number of amides is 1. The Balaban J connectivity index is 0.000000154. The molecule has 0 saturated heterocycles. The van der Waals surface area contributed by atoms with Gasteiger partial charge in [-0.3, -0.25) is 19.7 Å². The van der Waals surface area contributed by atoms with Crippen LogP contribution in [0.4, 0.5) is 5.69 Å². The molecule has 0 unspecified atom stereocenters. The molecule has 0 saturated carbocycles. The van der Waals surface area contributed by atoms with E-state index in [9.17, 15) is 4.79 Å². The molecule has 12 nitrogen and oxygen atoms in total. The van der Waals surface area contributed by atoms with E-state index in [1.165, 1.54) is 0 Å². The zero-order valence-electron chi connectivity index (χ0n) is 32.1. The summed E-state index contributed by atoms with van der Waals surface area (Å²) in [4.78, 5) is 33.2. The van der Waals surface area contributed by atoms with E-state index in [0.717, 1.165) is 73.0 Å². The van der Waals surface area contributed by atoms with Gasteiger partial charge in [-0.25, -0.2) is 9.67 Å². The molecule has 0 bridgehead atoms. The van der Waals surface area contributed by atoms with E-state index in [1.54, 1.807) is 23.0 Å². The number of benzene rings is 4. The third kappa shape index (κ3) is 7.80. The number of hydrogen-bond donors (Lipinski definition) is 3. The normalized spacial score (nSPS) is 11.5. The van der Waals surface area contributed by atoms with Crippen molar-refractivity contribution >= 4 is 39.8 Å². The summed E-state index contributed by atoms with van der Waals surface area (Å²) in [6.07, 6.45) is 5.52. The second-order valence-electron chi connectivity index (χ2n) is 13.7. The highest BCUT2D eigenvalue weighted by molar-refractivity contribution is 7.80. The number of pyridine rings is 3. The lowest BCUT2D eigenvalue weighted by Crippen LogP contribution is -2.19. The Kier molecular flexibility index (Phi) is 10.3. The van der Waals surface area contributed by atoms with Crippen LogP contribution in [0.1, 0.15) is 16.1 Å². The average Bonchev–Trinajstić information content (AvgIpc) is 4.07. The van der Waals surface area contributed by atoms with Crippen LogP contribution in [0, 0.1) is 6.92 Å². The lowest BCUT2D eigenvalue weighted by atomic mass is 10.0. The number of nitrogens with one attached hydrogen (secondary N) is 2. The van der Waals surface area contributed by atoms with Crippen LogP contribution in [0.25, 0.3) is 67.5 Å². The number of nitrogens with zero attached hydrogens (tertiary/aromatic N) is 6. The number of para-hydroxylation sites is 2. The molecule has 0 radical (unpaired) electrons. The van der Waals surface area contributed by atoms with Gasteiger partial charge in [0, 0.05) is 57.6 Å². The second kappa shape index (κ2) is 16.4. The number of ether oxygens (including phenoxy) is 2. The number of imidazole rings is 1. The van der Waals surface area contributed by atoms with Crippen LogP contribution in [0.5, 0.6) is 11.5 Å². The van der Waals surface area contributed by atoms with Gasteiger partial charge < -0.3 is 25.5 Å². The number of hydrogen-bond acceptors (Lipinski definition) is 9. The molecule has 1 aliphatic rings. The van der Waals surface area contributed by atoms with Crippen LogP contribution < -0.4 is 20.5 Å². The molecule has 292 valence electrons. The fraction of sp³-hybridized carbons (Fsp3) is 0.0426. The minimum atomic E-state index is -0.466. The maximum atomic E-state index is 11.3. The molecule has 0 fully saturated rings. The molecule has 4 N–H and O–H groups in total. The highest BCUT2D eigenvalue weighted by atomic mass is 32.1. The second-order valence-corrected chi connectivity index (χ2v) is 14.1. The Hall–Kier alpha value is -8.03. The Morgan fingerprint density at radius 2 is 1.50 bits per heavy atom. The minimum absolute atomic E-state index is 0.212. The summed E-state index contributed by atoms with van der Waals surface area (Å²) in [7, 11) is 0. The first-order chi connectivity index (χ1) is 29.4. The molecule has 1 aliphatic heterocycles. The van der Waals surface area contributed by atoms with Crippen molar-refractivity contribution in [3.63, 3.8) is 0 Å². The van der Waals surface area contributed by atoms with E-state index in [1.807, 2.05) is 141 Å². The number of aromatic nitrogens is 7. The van der Waals surface area contributed by atoms with Crippen molar-refractivity contribution in [1.82, 2.24) is 34.7 Å². The van der Waals surface area contributed by atoms with Gasteiger partial charge in [0.15, 0.2) is 16.6 Å². The van der Waals surface area contributed by atoms with Gasteiger partial charge >= 0.3 is 0 Å². The van der Waals surface area contributed by atoms with E-state index in [-0.39, 0.29) is 6.79 Å². The summed E-state index contributed by atoms with van der Waals surface area (Å²) >= 11 is 5.65. The van der Waals surface area contributed by atoms with Crippen molar-refractivity contribution in [3.8, 4) is 68.0 Å². The maximum absolute atomic E-state index is 11.3. The summed E-state index contributed by atoms with van der Waals surface area (Å²) in [6.45, 7) is 2.19. The zero-order chi connectivity index (χ0) is 41.0. The highest BCUT2D eigenvalue weighted by Crippen LogP contribution is 2.39. The number of thiocarbonyl (C=S) groups is 1. The highest BCUT2D eigenvalue weighted by Gasteiger charge is 2.21. The van der Waals surface area contributed by atoms with E-state index in [0.29, 0.717) is 28.0 Å². The van der Waals surface area contributed by atoms with Gasteiger partial charge in [-0.1, -0.05) is 60.7 Å². The van der Waals surface area contributed by atoms with Gasteiger partial charge in [0.1, 0.15) is 11.5 Å². The third-order valence-electron chi connectivity index (χ3n) is 9.73. The van der Waals surface area contributed by atoms with Crippen LogP contribution in [0.2, 0.25) is 0 Å². The number of carbonyl (C=O) groups is 1. The summed E-state index contributed by atoms with van der Waals surface area (Å²) < 4.78 is 12.6. The van der Waals surface area contributed by atoms with Crippen LogP contribution in [0.15, 0.2) is 158 Å². The van der Waals surface area contributed by atoms with Crippen molar-refractivity contribution in [2.45, 2.75) is 6.92 Å². The lowest BCUT2D eigenvalue weighted by Gasteiger charge is -2.07. The van der Waals surface area contributed by atoms with Gasteiger partial charge in [-0.2, -0.15) is 5.10 Å². The van der Waals surface area contributed by atoms with E-state index < -0.39 is 5.91 Å². The molecule has 9 aromatic rings. The first-order valence-corrected chi connectivity index (χ1v) is 19.3. The molecule has 60 heavy (non-hydrogen) atoms. The van der Waals surface area contributed by atoms with Gasteiger partial charge in [0.25, 0.3) is 0 Å². The molecule has 5 aromatic heterocycles. The first kappa shape index (κ1) is 37.5. The monoisotopic (exact) mass is 805 g/mol. The van der Waals surface area contributed by atoms with Crippen molar-refractivity contribution in [1.29, 1.82) is 0 Å². The van der Waals surface area contributed by atoms with Crippen molar-refractivity contribution < 1.29 is 14.3 Å². The molecule has 10 rings (SSSR count). The molecule has 0 aliphatic carbocycles. The number of primary amides is 1. The number of fused-ring (bicyclic) bond motifs is 2. The topological polar surface area (TPSA) is 159 Å². The molecule has 4 aromatic carbocycles. The third-order valence-corrected chi connectivity index (χ3v) is 10.0. The molecule has 1 amide bonds. The number of rotatable bonds is 7. The molecule has 13 heteroatoms. The summed E-state index contributed by atoms with van der Waals surface area (Å²) in [5.41, 5.74) is 16.1. The smallest absolute Gasteiger partial charge is 0.248 e. The predicted octanol–water partition coefficient (Wildman–Crippen LogP) is 9.35. The maximum Gasteiger partial charge on any atom is 0.248 e. The van der Waals surface area contributed by atoms with E-state index >= 15 is 0 Å². The summed E-state index contributed by atoms with van der Waals surface area (Å²) in [5.74, 6) is 1.59. The Morgan fingerprint density at radius 3 is 2.30 bits per heavy atom. The molecule has 0 atom stereocenters. The Labute approximate surface area is 349 Å².